The van der Waals surface area contributed by atoms with Crippen molar-refractivity contribution in [2.75, 3.05) is 32.2 Å². The minimum atomic E-state index is -0.338. The summed E-state index contributed by atoms with van der Waals surface area (Å²) in [5, 5.41) is 15.4. The molecule has 7 nitrogen and oxygen atoms in total. The third-order valence-corrected chi connectivity index (χ3v) is 4.26. The van der Waals surface area contributed by atoms with E-state index in [-0.39, 0.29) is 24.4 Å². The number of carbonyl (C=O) groups excluding carboxylic acids is 1. The molecule has 9 heteroatoms. The fourth-order valence-corrected chi connectivity index (χ4v) is 3.04. The number of methoxy groups -OCH3 is 1. The molecule has 1 aliphatic heterocycles. The Bertz CT molecular complexity index is 676. The summed E-state index contributed by atoms with van der Waals surface area (Å²) in [5.74, 6) is 0.665. The highest BCUT2D eigenvalue weighted by Crippen LogP contribution is 2.21. The van der Waals surface area contributed by atoms with E-state index >= 15 is 0 Å². The molecule has 1 atom stereocenters. The van der Waals surface area contributed by atoms with Gasteiger partial charge >= 0.3 is 0 Å². The second-order valence-corrected chi connectivity index (χ2v) is 6.16. The van der Waals surface area contributed by atoms with Crippen LogP contribution in [-0.4, -0.2) is 49.0 Å². The van der Waals surface area contributed by atoms with Crippen LogP contribution in [0.15, 0.2) is 24.3 Å². The van der Waals surface area contributed by atoms with Crippen LogP contribution in [-0.2, 0) is 16.0 Å². The Morgan fingerprint density at radius 2 is 2.38 bits per heavy atom. The Balaban J connectivity index is 0.00000208. The molecule has 1 aromatic carbocycles. The number of amides is 1. The van der Waals surface area contributed by atoms with Gasteiger partial charge in [-0.2, -0.15) is 0 Å². The maximum absolute atomic E-state index is 12.1. The monoisotopic (exact) mass is 370 g/mol. The van der Waals surface area contributed by atoms with E-state index in [4.69, 9.17) is 9.47 Å². The van der Waals surface area contributed by atoms with Gasteiger partial charge in [-0.15, -0.1) is 22.6 Å². The summed E-state index contributed by atoms with van der Waals surface area (Å²) < 4.78 is 10.5. The Labute approximate surface area is 150 Å². The van der Waals surface area contributed by atoms with Gasteiger partial charge in [-0.25, -0.2) is 0 Å². The van der Waals surface area contributed by atoms with Gasteiger partial charge in [0.25, 0.3) is 0 Å². The van der Waals surface area contributed by atoms with E-state index in [2.05, 4.69) is 20.8 Å². The minimum absolute atomic E-state index is 0. The third-order valence-electron chi connectivity index (χ3n) is 3.42. The SMILES string of the molecule is COc1cccc(Cc2nnc(NC(=O)C3COCCN3)s2)c1.Cl. The second-order valence-electron chi connectivity index (χ2n) is 5.10. The number of rotatable bonds is 5. The standard InChI is InChI=1S/C15H18N4O3S.ClH/c1-21-11-4-2-3-10(7-11)8-13-18-19-15(23-13)17-14(20)12-9-22-6-5-16-12;/h2-4,7,12,16H,5-6,8-9H2,1H3,(H,17,19,20);1H. The number of ether oxygens (including phenoxy) is 2. The molecule has 0 bridgehead atoms. The number of nitrogens with one attached hydrogen (secondary N) is 2. The van der Waals surface area contributed by atoms with E-state index in [1.165, 1.54) is 11.3 Å². The van der Waals surface area contributed by atoms with Gasteiger partial charge in [0.15, 0.2) is 0 Å². The average molecular weight is 371 g/mol. The lowest BCUT2D eigenvalue weighted by Crippen LogP contribution is -2.48. The second kappa shape index (κ2) is 8.93. The van der Waals surface area contributed by atoms with Crippen molar-refractivity contribution in [3.63, 3.8) is 0 Å². The average Bonchev–Trinajstić information content (AvgIpc) is 3.02. The molecule has 1 fully saturated rings. The Morgan fingerprint density at radius 3 is 3.12 bits per heavy atom. The topological polar surface area (TPSA) is 85.4 Å². The number of halogens is 1. The molecule has 0 radical (unpaired) electrons. The van der Waals surface area contributed by atoms with E-state index in [0.29, 0.717) is 31.3 Å². The zero-order valence-electron chi connectivity index (χ0n) is 13.2. The maximum Gasteiger partial charge on any atom is 0.245 e. The van der Waals surface area contributed by atoms with Crippen LogP contribution in [0.3, 0.4) is 0 Å². The zero-order chi connectivity index (χ0) is 16.1. The van der Waals surface area contributed by atoms with E-state index in [9.17, 15) is 4.79 Å². The summed E-state index contributed by atoms with van der Waals surface area (Å²) in [6, 6.07) is 7.46. The summed E-state index contributed by atoms with van der Waals surface area (Å²) >= 11 is 1.37. The molecule has 0 aliphatic carbocycles. The van der Waals surface area contributed by atoms with Gasteiger partial charge in [0.2, 0.25) is 11.0 Å². The molecular weight excluding hydrogens is 352 g/mol. The highest BCUT2D eigenvalue weighted by Gasteiger charge is 2.22. The first-order valence-electron chi connectivity index (χ1n) is 7.32. The van der Waals surface area contributed by atoms with Crippen molar-refractivity contribution in [2.24, 2.45) is 0 Å². The molecule has 1 saturated heterocycles. The molecule has 1 aromatic heterocycles. The summed E-state index contributed by atoms with van der Waals surface area (Å²) in [4.78, 5) is 12.1. The van der Waals surface area contributed by atoms with Gasteiger partial charge in [0.1, 0.15) is 16.8 Å². The van der Waals surface area contributed by atoms with Crippen LogP contribution in [0.1, 0.15) is 10.6 Å². The van der Waals surface area contributed by atoms with Crippen LogP contribution in [0.4, 0.5) is 5.13 Å². The molecule has 3 rings (SSSR count). The number of anilines is 1. The lowest BCUT2D eigenvalue weighted by Gasteiger charge is -2.22. The molecule has 2 heterocycles. The number of benzene rings is 1. The molecule has 1 amide bonds. The van der Waals surface area contributed by atoms with E-state index in [0.717, 1.165) is 16.3 Å². The van der Waals surface area contributed by atoms with Crippen LogP contribution in [0.2, 0.25) is 0 Å². The fraction of sp³-hybridized carbons (Fsp3) is 0.400. The van der Waals surface area contributed by atoms with Crippen molar-refractivity contribution in [3.8, 4) is 5.75 Å². The number of nitrogens with zero attached hydrogens (tertiary/aromatic N) is 2. The number of hydrogen-bond donors (Lipinski definition) is 2. The lowest BCUT2D eigenvalue weighted by atomic mass is 10.1. The lowest BCUT2D eigenvalue weighted by molar-refractivity contribution is -0.120. The van der Waals surface area contributed by atoms with Crippen molar-refractivity contribution < 1.29 is 14.3 Å². The molecule has 1 aliphatic rings. The first-order valence-corrected chi connectivity index (χ1v) is 8.13. The Hall–Kier alpha value is -1.74. The first-order chi connectivity index (χ1) is 11.2. The van der Waals surface area contributed by atoms with Gasteiger partial charge in [-0.3, -0.25) is 10.1 Å². The van der Waals surface area contributed by atoms with Gasteiger partial charge in [-0.1, -0.05) is 23.5 Å². The van der Waals surface area contributed by atoms with Crippen LogP contribution >= 0.6 is 23.7 Å². The molecule has 0 saturated carbocycles. The number of aromatic nitrogens is 2. The van der Waals surface area contributed by atoms with Gasteiger partial charge in [-0.05, 0) is 17.7 Å². The molecule has 2 N–H and O–H groups in total. The summed E-state index contributed by atoms with van der Waals surface area (Å²) in [7, 11) is 1.64. The Kier molecular flexibility index (Phi) is 6.92. The quantitative estimate of drug-likeness (QED) is 0.829. The van der Waals surface area contributed by atoms with Crippen molar-refractivity contribution in [1.29, 1.82) is 0 Å². The number of hydrogen-bond acceptors (Lipinski definition) is 7. The van der Waals surface area contributed by atoms with Crippen LogP contribution in [0, 0.1) is 0 Å². The van der Waals surface area contributed by atoms with Crippen LogP contribution < -0.4 is 15.4 Å². The van der Waals surface area contributed by atoms with E-state index in [1.807, 2.05) is 24.3 Å². The highest BCUT2D eigenvalue weighted by atomic mass is 35.5. The largest absolute Gasteiger partial charge is 0.497 e. The molecule has 2 aromatic rings. The first kappa shape index (κ1) is 18.6. The summed E-state index contributed by atoms with van der Waals surface area (Å²) in [6.45, 7) is 1.68. The molecule has 0 spiro atoms. The minimum Gasteiger partial charge on any atom is -0.497 e. The summed E-state index contributed by atoms with van der Waals surface area (Å²) in [5.41, 5.74) is 1.08. The predicted molar refractivity (Wildman–Crippen MR) is 94.2 cm³/mol. The highest BCUT2D eigenvalue weighted by molar-refractivity contribution is 7.15. The predicted octanol–water partition coefficient (Wildman–Crippen LogP) is 1.49. The normalized spacial score (nSPS) is 17.0. The van der Waals surface area contributed by atoms with Gasteiger partial charge < -0.3 is 14.8 Å². The molecule has 24 heavy (non-hydrogen) atoms. The number of morpholine rings is 1. The molecular formula is C15H19ClN4O3S. The maximum atomic E-state index is 12.1. The molecule has 1 unspecified atom stereocenters. The van der Waals surface area contributed by atoms with Crippen LogP contribution in [0.5, 0.6) is 5.75 Å². The van der Waals surface area contributed by atoms with Gasteiger partial charge in [0, 0.05) is 13.0 Å². The molecule has 130 valence electrons. The van der Waals surface area contributed by atoms with Crippen molar-refractivity contribution in [2.45, 2.75) is 12.5 Å². The Morgan fingerprint density at radius 1 is 1.50 bits per heavy atom. The smallest absolute Gasteiger partial charge is 0.245 e. The third kappa shape index (κ3) is 4.88. The van der Waals surface area contributed by atoms with Crippen molar-refractivity contribution in [3.05, 3.63) is 34.8 Å². The van der Waals surface area contributed by atoms with Crippen molar-refractivity contribution in [1.82, 2.24) is 15.5 Å². The van der Waals surface area contributed by atoms with Crippen LogP contribution in [0.25, 0.3) is 0 Å². The fourth-order valence-electron chi connectivity index (χ4n) is 2.26. The zero-order valence-corrected chi connectivity index (χ0v) is 14.8. The summed E-state index contributed by atoms with van der Waals surface area (Å²) in [6.07, 6.45) is 0.648. The number of carbonyl (C=O) groups is 1. The van der Waals surface area contributed by atoms with Crippen molar-refractivity contribution >= 4 is 34.8 Å². The van der Waals surface area contributed by atoms with E-state index < -0.39 is 0 Å². The van der Waals surface area contributed by atoms with Gasteiger partial charge in [0.05, 0.1) is 20.3 Å². The van der Waals surface area contributed by atoms with E-state index in [1.54, 1.807) is 7.11 Å².